The van der Waals surface area contributed by atoms with Crippen LogP contribution in [0.5, 0.6) is 0 Å². The van der Waals surface area contributed by atoms with Gasteiger partial charge in [-0.3, -0.25) is 0 Å². The highest BCUT2D eigenvalue weighted by Crippen LogP contribution is 2.37. The summed E-state index contributed by atoms with van der Waals surface area (Å²) in [5.41, 5.74) is 0.634. The third-order valence-electron chi connectivity index (χ3n) is 3.98. The van der Waals surface area contributed by atoms with Crippen molar-refractivity contribution in [2.75, 3.05) is 19.6 Å². The van der Waals surface area contributed by atoms with Crippen LogP contribution >= 0.6 is 0 Å². The Kier molecular flexibility index (Phi) is 2.11. The molecule has 3 rings (SSSR count). The molecule has 2 aliphatic heterocycles. The molecular formula is C12H17NO2. The minimum Gasteiger partial charge on any atom is -0.472 e. The molecule has 15 heavy (non-hydrogen) atoms. The first kappa shape index (κ1) is 9.43. The van der Waals surface area contributed by atoms with Gasteiger partial charge in [-0.15, -0.1) is 0 Å². The number of aliphatic hydroxyl groups is 1. The second kappa shape index (κ2) is 3.35. The lowest BCUT2D eigenvalue weighted by Gasteiger charge is -2.38. The average molecular weight is 207 g/mol. The van der Waals surface area contributed by atoms with Gasteiger partial charge >= 0.3 is 0 Å². The lowest BCUT2D eigenvalue weighted by molar-refractivity contribution is -0.0439. The molecule has 1 aromatic rings. The Balaban J connectivity index is 1.78. The first-order valence-corrected chi connectivity index (χ1v) is 5.72. The summed E-state index contributed by atoms with van der Waals surface area (Å²) in [6, 6.07) is 1.96. The summed E-state index contributed by atoms with van der Waals surface area (Å²) in [6.07, 6.45) is 6.24. The summed E-state index contributed by atoms with van der Waals surface area (Å²) in [4.78, 5) is 2.45. The highest BCUT2D eigenvalue weighted by atomic mass is 16.3. The number of rotatable bonds is 2. The molecule has 0 spiro atoms. The number of fused-ring (bicyclic) bond motifs is 2. The Hall–Kier alpha value is -0.800. The molecule has 82 valence electrons. The minimum absolute atomic E-state index is 0.459. The average Bonchev–Trinajstić information content (AvgIpc) is 2.82. The zero-order valence-corrected chi connectivity index (χ0v) is 8.85. The van der Waals surface area contributed by atoms with Gasteiger partial charge in [-0.25, -0.2) is 0 Å². The number of nitrogens with zero attached hydrogens (tertiary/aromatic N) is 1. The van der Waals surface area contributed by atoms with E-state index in [2.05, 4.69) is 4.90 Å². The van der Waals surface area contributed by atoms with E-state index in [4.69, 9.17) is 4.42 Å². The van der Waals surface area contributed by atoms with Crippen molar-refractivity contribution < 1.29 is 9.52 Å². The van der Waals surface area contributed by atoms with Crippen molar-refractivity contribution in [1.29, 1.82) is 0 Å². The van der Waals surface area contributed by atoms with Crippen molar-refractivity contribution in [2.45, 2.75) is 24.9 Å². The van der Waals surface area contributed by atoms with Crippen LogP contribution in [-0.4, -0.2) is 35.2 Å². The van der Waals surface area contributed by atoms with Gasteiger partial charge in [0.1, 0.15) is 0 Å². The van der Waals surface area contributed by atoms with Crippen molar-refractivity contribution in [3.8, 4) is 0 Å². The molecule has 0 radical (unpaired) electrons. The fraction of sp³-hybridized carbons (Fsp3) is 0.667. The van der Waals surface area contributed by atoms with E-state index in [0.29, 0.717) is 5.92 Å². The van der Waals surface area contributed by atoms with E-state index in [9.17, 15) is 5.11 Å². The molecular weight excluding hydrogens is 190 g/mol. The quantitative estimate of drug-likeness (QED) is 0.793. The van der Waals surface area contributed by atoms with E-state index in [1.54, 1.807) is 12.5 Å². The Labute approximate surface area is 89.7 Å². The Morgan fingerprint density at radius 3 is 3.27 bits per heavy atom. The Morgan fingerprint density at radius 2 is 2.47 bits per heavy atom. The summed E-state index contributed by atoms with van der Waals surface area (Å²) < 4.78 is 5.06. The van der Waals surface area contributed by atoms with Gasteiger partial charge in [0.15, 0.2) is 0 Å². The molecule has 1 N–H and O–H groups in total. The first-order chi connectivity index (χ1) is 7.26. The van der Waals surface area contributed by atoms with Gasteiger partial charge in [-0.2, -0.15) is 0 Å². The topological polar surface area (TPSA) is 36.6 Å². The molecule has 3 heterocycles. The zero-order chi connectivity index (χ0) is 10.3. The molecule has 2 fully saturated rings. The van der Waals surface area contributed by atoms with Gasteiger partial charge in [-0.05, 0) is 31.0 Å². The normalized spacial score (nSPS) is 39.5. The van der Waals surface area contributed by atoms with E-state index >= 15 is 0 Å². The fourth-order valence-corrected chi connectivity index (χ4v) is 3.01. The summed E-state index contributed by atoms with van der Waals surface area (Å²) in [7, 11) is 0. The minimum atomic E-state index is -0.489. The van der Waals surface area contributed by atoms with Crippen molar-refractivity contribution in [3.05, 3.63) is 24.2 Å². The third-order valence-corrected chi connectivity index (χ3v) is 3.98. The van der Waals surface area contributed by atoms with Gasteiger partial charge in [-0.1, -0.05) is 0 Å². The van der Waals surface area contributed by atoms with E-state index in [1.807, 2.05) is 6.07 Å². The Morgan fingerprint density at radius 1 is 1.53 bits per heavy atom. The van der Waals surface area contributed by atoms with Crippen LogP contribution < -0.4 is 0 Å². The van der Waals surface area contributed by atoms with Crippen molar-refractivity contribution in [3.63, 3.8) is 0 Å². The molecule has 3 unspecified atom stereocenters. The van der Waals surface area contributed by atoms with Crippen LogP contribution in [0, 0.1) is 5.92 Å². The van der Waals surface area contributed by atoms with E-state index in [1.165, 1.54) is 6.54 Å². The van der Waals surface area contributed by atoms with Gasteiger partial charge in [0.25, 0.3) is 0 Å². The largest absolute Gasteiger partial charge is 0.472 e. The molecule has 2 saturated heterocycles. The molecule has 0 aromatic carbocycles. The second-order valence-electron chi connectivity index (χ2n) is 4.95. The summed E-state index contributed by atoms with van der Waals surface area (Å²) >= 11 is 0. The maximum Gasteiger partial charge on any atom is 0.0935 e. The number of piperidine rings is 1. The smallest absolute Gasteiger partial charge is 0.0935 e. The highest BCUT2D eigenvalue weighted by Gasteiger charge is 2.44. The molecule has 3 nitrogen and oxygen atoms in total. The monoisotopic (exact) mass is 207 g/mol. The second-order valence-corrected chi connectivity index (χ2v) is 4.95. The zero-order valence-electron chi connectivity index (χ0n) is 8.85. The molecule has 3 atom stereocenters. The maximum atomic E-state index is 10.7. The van der Waals surface area contributed by atoms with Crippen molar-refractivity contribution in [2.24, 2.45) is 5.92 Å². The predicted octanol–water partition coefficient (Wildman–Crippen LogP) is 1.28. The van der Waals surface area contributed by atoms with Gasteiger partial charge < -0.3 is 14.4 Å². The van der Waals surface area contributed by atoms with Crippen LogP contribution in [0.1, 0.15) is 18.4 Å². The predicted molar refractivity (Wildman–Crippen MR) is 56.5 cm³/mol. The third kappa shape index (κ3) is 1.60. The van der Waals surface area contributed by atoms with Crippen LogP contribution in [0.2, 0.25) is 0 Å². The van der Waals surface area contributed by atoms with Crippen LogP contribution in [0.4, 0.5) is 0 Å². The van der Waals surface area contributed by atoms with Crippen LogP contribution in [0.25, 0.3) is 0 Å². The standard InChI is InChI=1S/C12H17NO2/c14-12(7-10-2-6-15-9-10)3-5-13-4-1-11(12)8-13/h2,6,9,11,14H,1,3-5,7-8H2. The number of furan rings is 1. The molecule has 3 heteroatoms. The molecule has 2 aliphatic rings. The van der Waals surface area contributed by atoms with Crippen LogP contribution in [0.3, 0.4) is 0 Å². The lowest BCUT2D eigenvalue weighted by atomic mass is 9.78. The first-order valence-electron chi connectivity index (χ1n) is 5.72. The van der Waals surface area contributed by atoms with E-state index < -0.39 is 5.60 Å². The number of hydrogen-bond donors (Lipinski definition) is 1. The van der Waals surface area contributed by atoms with Crippen LogP contribution in [-0.2, 0) is 6.42 Å². The Bertz CT molecular complexity index is 335. The van der Waals surface area contributed by atoms with Gasteiger partial charge in [0.2, 0.25) is 0 Å². The maximum absolute atomic E-state index is 10.7. The molecule has 1 aromatic heterocycles. The summed E-state index contributed by atoms with van der Waals surface area (Å²) in [5, 5.41) is 10.7. The lowest BCUT2D eigenvalue weighted by Crippen LogP contribution is -2.47. The molecule has 2 bridgehead atoms. The van der Waals surface area contributed by atoms with E-state index in [-0.39, 0.29) is 0 Å². The van der Waals surface area contributed by atoms with Crippen LogP contribution in [0.15, 0.2) is 23.0 Å². The highest BCUT2D eigenvalue weighted by molar-refractivity contribution is 5.12. The SMILES string of the molecule is OC1(Cc2ccoc2)CCN2CCC1C2. The van der Waals surface area contributed by atoms with Crippen molar-refractivity contribution >= 4 is 0 Å². The van der Waals surface area contributed by atoms with Crippen molar-refractivity contribution in [1.82, 2.24) is 4.90 Å². The van der Waals surface area contributed by atoms with E-state index in [0.717, 1.165) is 37.9 Å². The molecule has 0 amide bonds. The number of hydrogen-bond acceptors (Lipinski definition) is 3. The van der Waals surface area contributed by atoms with Gasteiger partial charge in [0, 0.05) is 25.4 Å². The summed E-state index contributed by atoms with van der Waals surface area (Å²) in [5.74, 6) is 0.459. The molecule has 0 aliphatic carbocycles. The molecule has 0 saturated carbocycles. The van der Waals surface area contributed by atoms with Gasteiger partial charge in [0.05, 0.1) is 18.1 Å². The summed E-state index contributed by atoms with van der Waals surface area (Å²) in [6.45, 7) is 3.29. The fourth-order valence-electron chi connectivity index (χ4n) is 3.01.